The van der Waals surface area contributed by atoms with Crippen molar-refractivity contribution in [3.63, 3.8) is 0 Å². The number of aliphatic hydroxyl groups is 1. The molecule has 0 amide bonds. The third-order valence-electron chi connectivity index (χ3n) is 3.19. The first-order chi connectivity index (χ1) is 9.69. The van der Waals surface area contributed by atoms with Gasteiger partial charge in [-0.05, 0) is 19.2 Å². The van der Waals surface area contributed by atoms with E-state index < -0.39 is 6.92 Å². The third kappa shape index (κ3) is 6.74. The smallest absolute Gasteiger partial charge is 0.322 e. The van der Waals surface area contributed by atoms with E-state index >= 15 is 0 Å². The zero-order valence-electron chi connectivity index (χ0n) is 12.9. The van der Waals surface area contributed by atoms with E-state index in [2.05, 4.69) is 31.7 Å². The van der Waals surface area contributed by atoms with Crippen LogP contribution in [-0.2, 0) is 0 Å². The summed E-state index contributed by atoms with van der Waals surface area (Å²) in [5.74, 6) is 0.207. The molecule has 0 radical (unpaired) electrons. The monoisotopic (exact) mass is 274 g/mol. The summed E-state index contributed by atoms with van der Waals surface area (Å²) in [7, 11) is 0. The van der Waals surface area contributed by atoms with E-state index in [0.717, 1.165) is 0 Å². The number of aliphatic hydroxyl groups excluding tert-OH is 1. The average Bonchev–Trinajstić information content (AvgIpc) is 2.78. The standard InChI is InChI=1S/C15H21BO2.C2H6/c1-3-15(16(18)12-17)11-10-13(2)14-8-6-4-5-7-9-14;1-2/h3-10,14-15,17-18H,1,11-12H2,2H3;1-2H3/b13-10+;. The second kappa shape index (κ2) is 11.5. The van der Waals surface area contributed by atoms with Crippen molar-refractivity contribution in [3.05, 3.63) is 60.8 Å². The molecule has 0 aliphatic heterocycles. The maximum atomic E-state index is 9.60. The first-order valence-corrected chi connectivity index (χ1v) is 7.28. The Labute approximate surface area is 124 Å². The molecule has 0 spiro atoms. The molecule has 110 valence electrons. The summed E-state index contributed by atoms with van der Waals surface area (Å²) < 4.78 is 0. The summed E-state index contributed by atoms with van der Waals surface area (Å²) in [5, 5.41) is 18.5. The molecule has 1 rings (SSSR count). The molecule has 0 aromatic rings. The topological polar surface area (TPSA) is 40.5 Å². The zero-order valence-corrected chi connectivity index (χ0v) is 12.9. The van der Waals surface area contributed by atoms with E-state index in [1.54, 1.807) is 6.08 Å². The first-order valence-electron chi connectivity index (χ1n) is 7.28. The van der Waals surface area contributed by atoms with Gasteiger partial charge in [-0.1, -0.05) is 68.0 Å². The van der Waals surface area contributed by atoms with Gasteiger partial charge in [0.2, 0.25) is 0 Å². The molecule has 0 bridgehead atoms. The Bertz CT molecular complexity index is 364. The van der Waals surface area contributed by atoms with Gasteiger partial charge >= 0.3 is 6.92 Å². The van der Waals surface area contributed by atoms with Crippen molar-refractivity contribution in [2.75, 3.05) is 6.51 Å². The van der Waals surface area contributed by atoms with Gasteiger partial charge in [-0.15, -0.1) is 6.58 Å². The minimum absolute atomic E-state index is 0.0955. The Balaban J connectivity index is 0.00000172. The van der Waals surface area contributed by atoms with E-state index in [9.17, 15) is 5.02 Å². The second-order valence-corrected chi connectivity index (χ2v) is 4.51. The maximum absolute atomic E-state index is 9.60. The Morgan fingerprint density at radius 1 is 1.25 bits per heavy atom. The van der Waals surface area contributed by atoms with Crippen LogP contribution in [-0.4, -0.2) is 23.6 Å². The summed E-state index contributed by atoms with van der Waals surface area (Å²) in [6.07, 6.45) is 16.9. The Kier molecular flexibility index (Phi) is 10.7. The molecule has 1 unspecified atom stereocenters. The average molecular weight is 274 g/mol. The van der Waals surface area contributed by atoms with Crippen molar-refractivity contribution in [3.8, 4) is 0 Å². The van der Waals surface area contributed by atoms with Crippen LogP contribution in [0.5, 0.6) is 0 Å². The molecule has 2 nitrogen and oxygen atoms in total. The normalized spacial score (nSPS) is 16.1. The molecule has 0 saturated carbocycles. The summed E-state index contributed by atoms with van der Waals surface area (Å²) in [4.78, 5) is 0. The zero-order chi connectivity index (χ0) is 15.4. The first kappa shape index (κ1) is 18.7. The van der Waals surface area contributed by atoms with Crippen LogP contribution in [0.2, 0.25) is 5.82 Å². The highest BCUT2D eigenvalue weighted by Gasteiger charge is 2.19. The molecule has 20 heavy (non-hydrogen) atoms. The number of allylic oxidation sites excluding steroid dienone is 9. The molecule has 0 fully saturated rings. The fourth-order valence-corrected chi connectivity index (χ4v) is 1.87. The van der Waals surface area contributed by atoms with Gasteiger partial charge in [-0.3, -0.25) is 0 Å². The van der Waals surface area contributed by atoms with Crippen LogP contribution >= 0.6 is 0 Å². The van der Waals surface area contributed by atoms with E-state index in [0.29, 0.717) is 12.3 Å². The Morgan fingerprint density at radius 3 is 2.25 bits per heavy atom. The minimum Gasteiger partial charge on any atom is -0.448 e. The van der Waals surface area contributed by atoms with Crippen molar-refractivity contribution in [1.29, 1.82) is 0 Å². The lowest BCUT2D eigenvalue weighted by atomic mass is 9.56. The largest absolute Gasteiger partial charge is 0.448 e. The summed E-state index contributed by atoms with van der Waals surface area (Å²) >= 11 is 0. The number of rotatable bonds is 6. The van der Waals surface area contributed by atoms with Gasteiger partial charge in [0.25, 0.3) is 0 Å². The quantitative estimate of drug-likeness (QED) is 0.572. The molecule has 3 heteroatoms. The molecule has 0 aromatic carbocycles. The number of hydrogen-bond acceptors (Lipinski definition) is 2. The van der Waals surface area contributed by atoms with Gasteiger partial charge < -0.3 is 10.1 Å². The fraction of sp³-hybridized carbons (Fsp3) is 0.412. The van der Waals surface area contributed by atoms with Gasteiger partial charge in [-0.2, -0.15) is 0 Å². The summed E-state index contributed by atoms with van der Waals surface area (Å²) in [5.41, 5.74) is 1.24. The predicted molar refractivity (Wildman–Crippen MR) is 89.6 cm³/mol. The van der Waals surface area contributed by atoms with Crippen molar-refractivity contribution >= 4 is 6.92 Å². The van der Waals surface area contributed by atoms with Crippen molar-refractivity contribution in [2.45, 2.75) is 33.0 Å². The van der Waals surface area contributed by atoms with Crippen LogP contribution in [0, 0.1) is 5.92 Å². The Hall–Kier alpha value is -1.32. The summed E-state index contributed by atoms with van der Waals surface area (Å²) in [6, 6.07) is 0. The highest BCUT2D eigenvalue weighted by molar-refractivity contribution is 6.52. The van der Waals surface area contributed by atoms with E-state index in [4.69, 9.17) is 5.11 Å². The van der Waals surface area contributed by atoms with E-state index in [1.807, 2.05) is 38.2 Å². The molecule has 1 aliphatic rings. The van der Waals surface area contributed by atoms with Crippen LogP contribution in [0.15, 0.2) is 60.8 Å². The van der Waals surface area contributed by atoms with Crippen molar-refractivity contribution < 1.29 is 10.1 Å². The SMILES string of the molecule is C=CC(C/C=C(\C)C1C=CC=CC=C1)B(O)CO.CC. The lowest BCUT2D eigenvalue weighted by Gasteiger charge is -2.14. The maximum Gasteiger partial charge on any atom is 0.322 e. The highest BCUT2D eigenvalue weighted by Crippen LogP contribution is 2.21. The molecule has 2 N–H and O–H groups in total. The van der Waals surface area contributed by atoms with Crippen LogP contribution in [0.4, 0.5) is 0 Å². The molecule has 1 aliphatic carbocycles. The van der Waals surface area contributed by atoms with E-state index in [1.165, 1.54) is 5.57 Å². The molecule has 0 saturated heterocycles. The minimum atomic E-state index is -0.728. The van der Waals surface area contributed by atoms with Crippen molar-refractivity contribution in [2.24, 2.45) is 5.92 Å². The Morgan fingerprint density at radius 2 is 1.80 bits per heavy atom. The predicted octanol–water partition coefficient (Wildman–Crippen LogP) is 3.72. The molecule has 1 atom stereocenters. The van der Waals surface area contributed by atoms with E-state index in [-0.39, 0.29) is 12.3 Å². The van der Waals surface area contributed by atoms with Gasteiger partial charge in [0.05, 0.1) is 0 Å². The van der Waals surface area contributed by atoms with Crippen LogP contribution in [0.25, 0.3) is 0 Å². The van der Waals surface area contributed by atoms with Crippen LogP contribution < -0.4 is 0 Å². The van der Waals surface area contributed by atoms with Gasteiger partial charge in [0.15, 0.2) is 0 Å². The van der Waals surface area contributed by atoms with Crippen LogP contribution in [0.1, 0.15) is 27.2 Å². The fourth-order valence-electron chi connectivity index (χ4n) is 1.87. The molecular formula is C17H27BO2. The highest BCUT2D eigenvalue weighted by atomic mass is 16.3. The lowest BCUT2D eigenvalue weighted by molar-refractivity contribution is 0.335. The molecular weight excluding hydrogens is 247 g/mol. The molecule has 0 heterocycles. The van der Waals surface area contributed by atoms with Gasteiger partial charge in [-0.25, -0.2) is 0 Å². The second-order valence-electron chi connectivity index (χ2n) is 4.51. The summed E-state index contributed by atoms with van der Waals surface area (Å²) in [6.45, 7) is 8.82. The lowest BCUT2D eigenvalue weighted by Crippen LogP contribution is -2.24. The molecule has 0 aromatic heterocycles. The number of hydrogen-bond donors (Lipinski definition) is 2. The van der Waals surface area contributed by atoms with Gasteiger partial charge in [0.1, 0.15) is 0 Å². The van der Waals surface area contributed by atoms with Crippen molar-refractivity contribution in [1.82, 2.24) is 0 Å². The van der Waals surface area contributed by atoms with Crippen LogP contribution in [0.3, 0.4) is 0 Å². The third-order valence-corrected chi connectivity index (χ3v) is 3.19. The van der Waals surface area contributed by atoms with Gasteiger partial charge in [0, 0.05) is 12.4 Å².